The number of carboxylic acids is 1. The van der Waals surface area contributed by atoms with Crippen molar-refractivity contribution in [1.29, 1.82) is 0 Å². The van der Waals surface area contributed by atoms with Crippen molar-refractivity contribution in [1.82, 2.24) is 0 Å². The molecular weight excluding hydrogens is 106 g/mol. The molecule has 0 fully saturated rings. The topological polar surface area (TPSA) is 37.3 Å². The second-order valence-electron chi connectivity index (χ2n) is 0.762. The van der Waals surface area contributed by atoms with Crippen molar-refractivity contribution in [2.45, 2.75) is 0 Å². The summed E-state index contributed by atoms with van der Waals surface area (Å²) in [6, 6.07) is 0. The molecule has 0 saturated carbocycles. The Morgan fingerprint density at radius 2 is 2.14 bits per heavy atom. The third-order valence-electron chi connectivity index (χ3n) is 0.300. The van der Waals surface area contributed by atoms with Gasteiger partial charge < -0.3 is 5.11 Å². The Kier molecular flexibility index (Phi) is 1.98. The van der Waals surface area contributed by atoms with Crippen LogP contribution in [0.3, 0.4) is 0 Å². The molecule has 1 N–H and O–H groups in total. The molecule has 0 atom stereocenters. The van der Waals surface area contributed by atoms with E-state index in [0.717, 1.165) is 0 Å². The van der Waals surface area contributed by atoms with Crippen molar-refractivity contribution in [2.75, 3.05) is 0 Å². The van der Waals surface area contributed by atoms with E-state index in [1.165, 1.54) is 0 Å². The molecule has 0 saturated heterocycles. The van der Waals surface area contributed by atoms with Crippen LogP contribution in [0.5, 0.6) is 0 Å². The summed E-state index contributed by atoms with van der Waals surface area (Å²) in [5, 5.41) is 7.50. The van der Waals surface area contributed by atoms with E-state index in [4.69, 9.17) is 5.11 Å². The van der Waals surface area contributed by atoms with Gasteiger partial charge >= 0.3 is 5.97 Å². The molecule has 0 aliphatic carbocycles. The predicted octanol–water partition coefficient (Wildman–Crippen LogP) is 0.851. The summed E-state index contributed by atoms with van der Waals surface area (Å²) >= 11 is 0. The van der Waals surface area contributed by atoms with Gasteiger partial charge in [0, 0.05) is 0 Å². The molecule has 0 aromatic heterocycles. The van der Waals surface area contributed by atoms with Crippen molar-refractivity contribution < 1.29 is 18.7 Å². The van der Waals surface area contributed by atoms with Gasteiger partial charge in [0.15, 0.2) is 0 Å². The molecule has 0 heterocycles. The second-order valence-corrected chi connectivity index (χ2v) is 0.762. The van der Waals surface area contributed by atoms with Gasteiger partial charge in [-0.2, -0.15) is 4.39 Å². The lowest BCUT2D eigenvalue weighted by molar-refractivity contribution is -0.134. The third kappa shape index (κ3) is 1.86. The molecule has 0 unspecified atom stereocenters. The highest BCUT2D eigenvalue weighted by Gasteiger charge is 2.02. The first-order valence-electron chi connectivity index (χ1n) is 1.37. The first-order chi connectivity index (χ1) is 3.18. The van der Waals surface area contributed by atoms with Gasteiger partial charge in [-0.1, -0.05) is 0 Å². The summed E-state index contributed by atoms with van der Waals surface area (Å²) in [7, 11) is 0. The molecule has 0 aliphatic rings. The summed E-state index contributed by atoms with van der Waals surface area (Å²) in [4.78, 5) is 9.25. The first kappa shape index (κ1) is 6.07. The van der Waals surface area contributed by atoms with Gasteiger partial charge in [-0.05, 0) is 0 Å². The van der Waals surface area contributed by atoms with Crippen LogP contribution in [0.15, 0.2) is 12.2 Å². The summed E-state index contributed by atoms with van der Waals surface area (Å²) in [5.41, 5.74) is 0. The van der Waals surface area contributed by atoms with Crippen LogP contribution in [0.2, 0.25) is 0 Å². The summed E-state index contributed by atoms with van der Waals surface area (Å²) < 4.78 is 21.9. The maximum Gasteiger partial charge on any atom is 0.367 e. The average molecular weight is 108 g/mol. The van der Waals surface area contributed by atoms with E-state index in [1.54, 1.807) is 0 Å². The number of carbonyl (C=O) groups is 1. The SMILES string of the molecule is O=C(O)/C(F)=C\F. The minimum atomic E-state index is -1.89. The fourth-order valence-corrected chi connectivity index (χ4v) is 0.0467. The van der Waals surface area contributed by atoms with Crippen LogP contribution in [0.4, 0.5) is 8.78 Å². The van der Waals surface area contributed by atoms with Crippen LogP contribution in [0, 0.1) is 0 Å². The molecule has 7 heavy (non-hydrogen) atoms. The van der Waals surface area contributed by atoms with E-state index in [1.807, 2.05) is 0 Å². The van der Waals surface area contributed by atoms with E-state index < -0.39 is 18.1 Å². The highest BCUT2D eigenvalue weighted by atomic mass is 19.2. The molecule has 0 aromatic rings. The van der Waals surface area contributed by atoms with Crippen LogP contribution in [-0.4, -0.2) is 11.1 Å². The average Bonchev–Trinajstić information content (AvgIpc) is 1.65. The molecule has 2 nitrogen and oxygen atoms in total. The Morgan fingerprint density at radius 1 is 1.71 bits per heavy atom. The van der Waals surface area contributed by atoms with Crippen LogP contribution in [-0.2, 0) is 4.79 Å². The zero-order chi connectivity index (χ0) is 5.86. The minimum Gasteiger partial charge on any atom is -0.476 e. The number of rotatable bonds is 1. The van der Waals surface area contributed by atoms with E-state index in [-0.39, 0.29) is 0 Å². The molecule has 0 bridgehead atoms. The van der Waals surface area contributed by atoms with Gasteiger partial charge in [0.1, 0.15) is 6.33 Å². The lowest BCUT2D eigenvalue weighted by Crippen LogP contribution is -1.92. The number of hydrogen-bond donors (Lipinski definition) is 1. The minimum absolute atomic E-state index is 0.609. The van der Waals surface area contributed by atoms with Crippen molar-refractivity contribution in [3.05, 3.63) is 12.2 Å². The van der Waals surface area contributed by atoms with Gasteiger partial charge in [0.05, 0.1) is 0 Å². The van der Waals surface area contributed by atoms with Gasteiger partial charge in [0.2, 0.25) is 5.83 Å². The molecule has 0 amide bonds. The predicted molar refractivity (Wildman–Crippen MR) is 17.9 cm³/mol. The fraction of sp³-hybridized carbons (Fsp3) is 0. The van der Waals surface area contributed by atoms with E-state index >= 15 is 0 Å². The molecule has 0 rings (SSSR count). The van der Waals surface area contributed by atoms with Gasteiger partial charge in [-0.15, -0.1) is 0 Å². The van der Waals surface area contributed by atoms with Crippen molar-refractivity contribution in [2.24, 2.45) is 0 Å². The van der Waals surface area contributed by atoms with Crippen molar-refractivity contribution in [3.63, 3.8) is 0 Å². The summed E-state index contributed by atoms with van der Waals surface area (Å²) in [6.45, 7) is 0. The molecule has 0 radical (unpaired) electrons. The third-order valence-corrected chi connectivity index (χ3v) is 0.300. The quantitative estimate of drug-likeness (QED) is 0.505. The van der Waals surface area contributed by atoms with Gasteiger partial charge in [0.25, 0.3) is 0 Å². The van der Waals surface area contributed by atoms with E-state index in [0.29, 0.717) is 0 Å². The number of carboxylic acid groups (broad SMARTS) is 1. The Morgan fingerprint density at radius 3 is 2.14 bits per heavy atom. The maximum atomic E-state index is 11.1. The smallest absolute Gasteiger partial charge is 0.367 e. The molecule has 4 heteroatoms. The summed E-state index contributed by atoms with van der Waals surface area (Å²) in [6.07, 6.45) is -0.609. The first-order valence-corrected chi connectivity index (χ1v) is 1.37. The van der Waals surface area contributed by atoms with Crippen LogP contribution in [0.1, 0.15) is 0 Å². The molecule has 0 aromatic carbocycles. The molecule has 0 aliphatic heterocycles. The van der Waals surface area contributed by atoms with Gasteiger partial charge in [-0.25, -0.2) is 9.18 Å². The van der Waals surface area contributed by atoms with Gasteiger partial charge in [-0.3, -0.25) is 0 Å². The Hall–Kier alpha value is -0.930. The van der Waals surface area contributed by atoms with Crippen molar-refractivity contribution in [3.8, 4) is 0 Å². The number of halogens is 2. The summed E-state index contributed by atoms with van der Waals surface area (Å²) in [5.74, 6) is -3.66. The zero-order valence-electron chi connectivity index (χ0n) is 3.19. The molecular formula is C3H2F2O2. The van der Waals surface area contributed by atoms with Crippen LogP contribution in [0.25, 0.3) is 0 Å². The standard InChI is InChI=1S/C3H2F2O2/c4-1-2(5)3(6)7/h1H,(H,6,7)/b2-1+. The number of hydrogen-bond acceptors (Lipinski definition) is 1. The fourth-order valence-electron chi connectivity index (χ4n) is 0.0467. The maximum absolute atomic E-state index is 11.1. The lowest BCUT2D eigenvalue weighted by Gasteiger charge is -1.77. The molecule has 0 spiro atoms. The van der Waals surface area contributed by atoms with E-state index in [9.17, 15) is 13.6 Å². The molecule has 40 valence electrons. The van der Waals surface area contributed by atoms with E-state index in [2.05, 4.69) is 0 Å². The second kappa shape index (κ2) is 2.28. The lowest BCUT2D eigenvalue weighted by atomic mass is 10.6. The Balaban J connectivity index is 3.82. The normalized spacial score (nSPS) is 11.4. The Labute approximate surface area is 38.1 Å². The largest absolute Gasteiger partial charge is 0.476 e. The zero-order valence-corrected chi connectivity index (χ0v) is 3.19. The monoisotopic (exact) mass is 108 g/mol. The number of aliphatic carboxylic acids is 1. The van der Waals surface area contributed by atoms with Crippen LogP contribution >= 0.6 is 0 Å². The highest BCUT2D eigenvalue weighted by molar-refractivity contribution is 5.83. The highest BCUT2D eigenvalue weighted by Crippen LogP contribution is 1.93. The van der Waals surface area contributed by atoms with Crippen LogP contribution < -0.4 is 0 Å². The van der Waals surface area contributed by atoms with Crippen molar-refractivity contribution >= 4 is 5.97 Å². The Bertz CT molecular complexity index is 108.